The van der Waals surface area contributed by atoms with Crippen molar-refractivity contribution in [3.8, 4) is 0 Å². The summed E-state index contributed by atoms with van der Waals surface area (Å²) in [6, 6.07) is 0. The van der Waals surface area contributed by atoms with Gasteiger partial charge >= 0.3 is 0 Å². The van der Waals surface area contributed by atoms with Crippen LogP contribution < -0.4 is 5.32 Å². The Morgan fingerprint density at radius 1 is 1.06 bits per heavy atom. The Bertz CT molecular complexity index is 212. The van der Waals surface area contributed by atoms with E-state index in [0.717, 1.165) is 26.3 Å². The summed E-state index contributed by atoms with van der Waals surface area (Å²) in [6.07, 6.45) is 0. The predicted molar refractivity (Wildman–Crippen MR) is 81.7 cm³/mol. The molecule has 0 heterocycles. The van der Waals surface area contributed by atoms with Crippen LogP contribution in [0.4, 0.5) is 0 Å². The van der Waals surface area contributed by atoms with E-state index in [0.29, 0.717) is 12.5 Å². The molecule has 0 aliphatic rings. The van der Waals surface area contributed by atoms with Crippen LogP contribution in [0.2, 0.25) is 18.1 Å². The lowest BCUT2D eigenvalue weighted by molar-refractivity contribution is 0.0967. The first-order chi connectivity index (χ1) is 8.17. The van der Waals surface area contributed by atoms with E-state index in [2.05, 4.69) is 53.0 Å². The van der Waals surface area contributed by atoms with Gasteiger partial charge < -0.3 is 14.5 Å². The van der Waals surface area contributed by atoms with Crippen molar-refractivity contribution in [2.75, 3.05) is 32.9 Å². The molecule has 4 heteroatoms. The van der Waals surface area contributed by atoms with Crippen LogP contribution in [0.25, 0.3) is 0 Å². The quantitative estimate of drug-likeness (QED) is 0.517. The van der Waals surface area contributed by atoms with Crippen LogP contribution in [0, 0.1) is 5.92 Å². The summed E-state index contributed by atoms with van der Waals surface area (Å²) in [5, 5.41) is 3.64. The van der Waals surface area contributed by atoms with E-state index in [9.17, 15) is 0 Å². The molecule has 3 nitrogen and oxygen atoms in total. The highest BCUT2D eigenvalue weighted by Crippen LogP contribution is 2.36. The predicted octanol–water partition coefficient (Wildman–Crippen LogP) is 3.27. The van der Waals surface area contributed by atoms with E-state index in [4.69, 9.17) is 9.16 Å². The molecule has 0 atom stereocenters. The molecule has 0 aromatic rings. The lowest BCUT2D eigenvalue weighted by Gasteiger charge is -2.36. The van der Waals surface area contributed by atoms with Crippen molar-refractivity contribution in [1.82, 2.24) is 5.32 Å². The van der Waals surface area contributed by atoms with Gasteiger partial charge in [-0.2, -0.15) is 0 Å². The molecule has 0 spiro atoms. The third-order valence-corrected chi connectivity index (χ3v) is 8.01. The maximum Gasteiger partial charge on any atom is 0.192 e. The van der Waals surface area contributed by atoms with Crippen LogP contribution in [0.15, 0.2) is 0 Å². The maximum absolute atomic E-state index is 6.03. The zero-order valence-corrected chi connectivity index (χ0v) is 14.4. The standard InChI is InChI=1S/C14H33NO2Si/c1-13(2)12-15-8-9-16-10-11-17-18(6,7)14(3,4)5/h13,15H,8-12H2,1-7H3. The van der Waals surface area contributed by atoms with Crippen LogP contribution >= 0.6 is 0 Å². The molecule has 1 N–H and O–H groups in total. The van der Waals surface area contributed by atoms with Gasteiger partial charge in [0, 0.05) is 6.54 Å². The molecular formula is C14H33NO2Si. The highest BCUT2D eigenvalue weighted by Gasteiger charge is 2.36. The van der Waals surface area contributed by atoms with Gasteiger partial charge in [-0.1, -0.05) is 34.6 Å². The van der Waals surface area contributed by atoms with Gasteiger partial charge in [0.05, 0.1) is 19.8 Å². The van der Waals surface area contributed by atoms with Gasteiger partial charge in [-0.3, -0.25) is 0 Å². The number of hydrogen-bond acceptors (Lipinski definition) is 3. The van der Waals surface area contributed by atoms with Crippen LogP contribution in [-0.4, -0.2) is 41.2 Å². The first-order valence-electron chi connectivity index (χ1n) is 7.09. The SMILES string of the molecule is CC(C)CNCCOCCO[Si](C)(C)C(C)(C)C. The van der Waals surface area contributed by atoms with Crippen LogP contribution in [-0.2, 0) is 9.16 Å². The van der Waals surface area contributed by atoms with E-state index in [1.54, 1.807) is 0 Å². The Morgan fingerprint density at radius 2 is 1.67 bits per heavy atom. The van der Waals surface area contributed by atoms with E-state index < -0.39 is 8.32 Å². The fraction of sp³-hybridized carbons (Fsp3) is 1.00. The first kappa shape index (κ1) is 18.1. The second-order valence-corrected chi connectivity index (χ2v) is 11.6. The molecule has 0 saturated heterocycles. The van der Waals surface area contributed by atoms with Crippen molar-refractivity contribution < 1.29 is 9.16 Å². The summed E-state index contributed by atoms with van der Waals surface area (Å²) in [4.78, 5) is 0. The Labute approximate surface area is 115 Å². The van der Waals surface area contributed by atoms with Crippen LogP contribution in [0.3, 0.4) is 0 Å². The maximum atomic E-state index is 6.03. The molecule has 110 valence electrons. The summed E-state index contributed by atoms with van der Waals surface area (Å²) in [5.41, 5.74) is 0. The van der Waals surface area contributed by atoms with Gasteiger partial charge in [-0.25, -0.2) is 0 Å². The average molecular weight is 276 g/mol. The summed E-state index contributed by atoms with van der Waals surface area (Å²) in [6.45, 7) is 19.9. The van der Waals surface area contributed by atoms with Gasteiger partial charge in [0.15, 0.2) is 8.32 Å². The van der Waals surface area contributed by atoms with E-state index >= 15 is 0 Å². The lowest BCUT2D eigenvalue weighted by Crippen LogP contribution is -2.41. The largest absolute Gasteiger partial charge is 0.414 e. The molecule has 0 rings (SSSR count). The zero-order valence-electron chi connectivity index (χ0n) is 13.4. The van der Waals surface area contributed by atoms with Crippen molar-refractivity contribution in [2.45, 2.75) is 52.8 Å². The van der Waals surface area contributed by atoms with Crippen molar-refractivity contribution >= 4 is 8.32 Å². The molecule has 0 bridgehead atoms. The fourth-order valence-electron chi connectivity index (χ4n) is 1.21. The molecule has 0 unspecified atom stereocenters. The van der Waals surface area contributed by atoms with Crippen LogP contribution in [0.5, 0.6) is 0 Å². The minimum Gasteiger partial charge on any atom is -0.414 e. The minimum absolute atomic E-state index is 0.284. The average Bonchev–Trinajstić information content (AvgIpc) is 2.19. The topological polar surface area (TPSA) is 30.5 Å². The van der Waals surface area contributed by atoms with Gasteiger partial charge in [0.1, 0.15) is 0 Å². The molecule has 0 saturated carbocycles. The number of rotatable bonds is 9. The highest BCUT2D eigenvalue weighted by atomic mass is 28.4. The molecular weight excluding hydrogens is 242 g/mol. The fourth-order valence-corrected chi connectivity index (χ4v) is 2.24. The van der Waals surface area contributed by atoms with E-state index in [1.165, 1.54) is 0 Å². The molecule has 0 amide bonds. The summed E-state index contributed by atoms with van der Waals surface area (Å²) in [5.74, 6) is 0.701. The monoisotopic (exact) mass is 275 g/mol. The molecule has 0 fully saturated rings. The van der Waals surface area contributed by atoms with E-state index in [-0.39, 0.29) is 5.04 Å². The number of ether oxygens (including phenoxy) is 1. The third kappa shape index (κ3) is 8.24. The Kier molecular flexibility index (Phi) is 8.35. The van der Waals surface area contributed by atoms with Gasteiger partial charge in [-0.15, -0.1) is 0 Å². The van der Waals surface area contributed by atoms with Gasteiger partial charge in [0.25, 0.3) is 0 Å². The summed E-state index contributed by atoms with van der Waals surface area (Å²) >= 11 is 0. The van der Waals surface area contributed by atoms with Crippen LogP contribution in [0.1, 0.15) is 34.6 Å². The van der Waals surface area contributed by atoms with Gasteiger partial charge in [-0.05, 0) is 30.6 Å². The first-order valence-corrected chi connectivity index (χ1v) is 10.00. The van der Waals surface area contributed by atoms with Crippen molar-refractivity contribution in [3.63, 3.8) is 0 Å². The van der Waals surface area contributed by atoms with Crippen molar-refractivity contribution in [3.05, 3.63) is 0 Å². The zero-order chi connectivity index (χ0) is 14.2. The molecule has 0 radical (unpaired) electrons. The molecule has 0 aliphatic carbocycles. The van der Waals surface area contributed by atoms with Gasteiger partial charge in [0.2, 0.25) is 0 Å². The molecule has 0 aliphatic heterocycles. The summed E-state index contributed by atoms with van der Waals surface area (Å²) in [7, 11) is -1.59. The highest BCUT2D eigenvalue weighted by molar-refractivity contribution is 6.74. The number of hydrogen-bond donors (Lipinski definition) is 1. The summed E-state index contributed by atoms with van der Waals surface area (Å²) < 4.78 is 11.6. The number of nitrogens with one attached hydrogen (secondary N) is 1. The van der Waals surface area contributed by atoms with E-state index in [1.807, 2.05) is 0 Å². The second-order valence-electron chi connectivity index (χ2n) is 6.82. The molecule has 18 heavy (non-hydrogen) atoms. The molecule has 0 aromatic heterocycles. The Hall–Kier alpha value is 0.0969. The smallest absolute Gasteiger partial charge is 0.192 e. The minimum atomic E-state index is -1.59. The molecule has 0 aromatic carbocycles. The Balaban J connectivity index is 3.46. The lowest BCUT2D eigenvalue weighted by atomic mass is 10.2. The Morgan fingerprint density at radius 3 is 2.17 bits per heavy atom. The third-order valence-electron chi connectivity index (χ3n) is 3.47. The van der Waals surface area contributed by atoms with Crippen molar-refractivity contribution in [1.29, 1.82) is 0 Å². The normalized spacial score (nSPS) is 13.3. The second kappa shape index (κ2) is 8.30. The van der Waals surface area contributed by atoms with Crippen molar-refractivity contribution in [2.24, 2.45) is 5.92 Å².